The first-order valence-electron chi connectivity index (χ1n) is 6.71. The third-order valence-corrected chi connectivity index (χ3v) is 3.56. The minimum atomic E-state index is 0.674. The fourth-order valence-electron chi connectivity index (χ4n) is 2.20. The van der Waals surface area contributed by atoms with Crippen molar-refractivity contribution >= 4 is 17.7 Å². The first-order valence-corrected chi connectivity index (χ1v) is 7.09. The summed E-state index contributed by atoms with van der Waals surface area (Å²) < 4.78 is 7.12. The summed E-state index contributed by atoms with van der Waals surface area (Å²) in [6.45, 7) is 3.80. The standard InChI is InChI=1S/C17H14ClN3O/c1-3-16-19-20-17(12-4-10-15(22-2)11-5-12)21(16)14-8-6-13(18)7-9-14/h3-11H,1H2,2H3. The quantitative estimate of drug-likeness (QED) is 0.723. The van der Waals surface area contributed by atoms with Crippen molar-refractivity contribution in [3.63, 3.8) is 0 Å². The van der Waals surface area contributed by atoms with E-state index in [0.717, 1.165) is 22.8 Å². The second-order valence-electron chi connectivity index (χ2n) is 4.63. The van der Waals surface area contributed by atoms with E-state index in [0.29, 0.717) is 10.8 Å². The highest BCUT2D eigenvalue weighted by molar-refractivity contribution is 6.30. The molecule has 0 aliphatic heterocycles. The van der Waals surface area contributed by atoms with Crippen molar-refractivity contribution < 1.29 is 4.74 Å². The summed E-state index contributed by atoms with van der Waals surface area (Å²) >= 11 is 5.96. The lowest BCUT2D eigenvalue weighted by atomic mass is 10.2. The largest absolute Gasteiger partial charge is 0.497 e. The van der Waals surface area contributed by atoms with Gasteiger partial charge in [0.05, 0.1) is 7.11 Å². The number of halogens is 1. The van der Waals surface area contributed by atoms with Crippen molar-refractivity contribution in [3.05, 3.63) is 66.0 Å². The lowest BCUT2D eigenvalue weighted by Crippen LogP contribution is -1.99. The van der Waals surface area contributed by atoms with Gasteiger partial charge in [-0.1, -0.05) is 18.2 Å². The van der Waals surface area contributed by atoms with Crippen molar-refractivity contribution in [2.75, 3.05) is 7.11 Å². The molecule has 0 radical (unpaired) electrons. The normalized spacial score (nSPS) is 10.5. The van der Waals surface area contributed by atoms with E-state index in [1.165, 1.54) is 0 Å². The smallest absolute Gasteiger partial charge is 0.168 e. The molecule has 0 saturated heterocycles. The van der Waals surface area contributed by atoms with Gasteiger partial charge in [0.1, 0.15) is 5.75 Å². The van der Waals surface area contributed by atoms with Crippen LogP contribution < -0.4 is 4.74 Å². The maximum absolute atomic E-state index is 5.96. The van der Waals surface area contributed by atoms with Gasteiger partial charge in [-0.15, -0.1) is 10.2 Å². The number of hydrogen-bond donors (Lipinski definition) is 0. The SMILES string of the molecule is C=Cc1nnc(-c2ccc(OC)cc2)n1-c1ccc(Cl)cc1. The zero-order valence-corrected chi connectivity index (χ0v) is 12.8. The summed E-state index contributed by atoms with van der Waals surface area (Å²) in [5.74, 6) is 2.21. The fraction of sp³-hybridized carbons (Fsp3) is 0.0588. The molecule has 0 saturated carbocycles. The molecule has 0 amide bonds. The average Bonchev–Trinajstić information content (AvgIpc) is 2.99. The number of aromatic nitrogens is 3. The zero-order chi connectivity index (χ0) is 15.5. The van der Waals surface area contributed by atoms with Crippen LogP contribution in [0.25, 0.3) is 23.2 Å². The van der Waals surface area contributed by atoms with Crippen LogP contribution in [-0.4, -0.2) is 21.9 Å². The Hall–Kier alpha value is -2.59. The van der Waals surface area contributed by atoms with Crippen LogP contribution in [-0.2, 0) is 0 Å². The topological polar surface area (TPSA) is 39.9 Å². The highest BCUT2D eigenvalue weighted by Gasteiger charge is 2.13. The molecule has 0 bridgehead atoms. The first-order chi connectivity index (χ1) is 10.7. The lowest BCUT2D eigenvalue weighted by Gasteiger charge is -2.09. The van der Waals surface area contributed by atoms with Gasteiger partial charge in [0.2, 0.25) is 0 Å². The van der Waals surface area contributed by atoms with Gasteiger partial charge in [-0.3, -0.25) is 4.57 Å². The third-order valence-electron chi connectivity index (χ3n) is 3.30. The molecular formula is C17H14ClN3O. The van der Waals surface area contributed by atoms with Crippen LogP contribution in [0, 0.1) is 0 Å². The molecular weight excluding hydrogens is 298 g/mol. The van der Waals surface area contributed by atoms with Crippen molar-refractivity contribution in [1.82, 2.24) is 14.8 Å². The Labute approximate surface area is 133 Å². The van der Waals surface area contributed by atoms with E-state index in [1.807, 2.05) is 53.1 Å². The van der Waals surface area contributed by atoms with Crippen molar-refractivity contribution in [3.8, 4) is 22.8 Å². The van der Waals surface area contributed by atoms with Crippen LogP contribution in [0.2, 0.25) is 5.02 Å². The van der Waals surface area contributed by atoms with E-state index < -0.39 is 0 Å². The monoisotopic (exact) mass is 311 g/mol. The zero-order valence-electron chi connectivity index (χ0n) is 12.0. The Bertz CT molecular complexity index is 792. The van der Waals surface area contributed by atoms with E-state index in [9.17, 15) is 0 Å². The summed E-state index contributed by atoms with van der Waals surface area (Å²) in [4.78, 5) is 0. The molecule has 2 aromatic carbocycles. The van der Waals surface area contributed by atoms with Gasteiger partial charge in [-0.05, 0) is 54.6 Å². The van der Waals surface area contributed by atoms with Gasteiger partial charge in [-0.25, -0.2) is 0 Å². The maximum atomic E-state index is 5.96. The molecule has 0 spiro atoms. The first kappa shape index (κ1) is 14.4. The van der Waals surface area contributed by atoms with Crippen molar-refractivity contribution in [1.29, 1.82) is 0 Å². The summed E-state index contributed by atoms with van der Waals surface area (Å²) in [6, 6.07) is 15.2. The lowest BCUT2D eigenvalue weighted by molar-refractivity contribution is 0.415. The molecule has 1 aromatic heterocycles. The minimum absolute atomic E-state index is 0.674. The van der Waals surface area contributed by atoms with Crippen molar-refractivity contribution in [2.24, 2.45) is 0 Å². The Kier molecular flexibility index (Phi) is 3.94. The fourth-order valence-corrected chi connectivity index (χ4v) is 2.33. The molecule has 0 fully saturated rings. The average molecular weight is 312 g/mol. The number of rotatable bonds is 4. The van der Waals surface area contributed by atoms with Gasteiger partial charge >= 0.3 is 0 Å². The van der Waals surface area contributed by atoms with Gasteiger partial charge in [-0.2, -0.15) is 0 Å². The van der Waals surface area contributed by atoms with Gasteiger partial charge < -0.3 is 4.74 Å². The molecule has 3 rings (SSSR count). The van der Waals surface area contributed by atoms with E-state index in [-0.39, 0.29) is 0 Å². The molecule has 22 heavy (non-hydrogen) atoms. The van der Waals surface area contributed by atoms with Crippen LogP contribution in [0.5, 0.6) is 5.75 Å². The van der Waals surface area contributed by atoms with Crippen LogP contribution in [0.4, 0.5) is 0 Å². The van der Waals surface area contributed by atoms with E-state index in [4.69, 9.17) is 16.3 Å². The Morgan fingerprint density at radius 3 is 2.32 bits per heavy atom. The van der Waals surface area contributed by atoms with E-state index in [1.54, 1.807) is 13.2 Å². The van der Waals surface area contributed by atoms with Crippen LogP contribution in [0.1, 0.15) is 5.82 Å². The number of methoxy groups -OCH3 is 1. The second-order valence-corrected chi connectivity index (χ2v) is 5.06. The molecule has 4 nitrogen and oxygen atoms in total. The van der Waals surface area contributed by atoms with E-state index in [2.05, 4.69) is 16.8 Å². The molecule has 0 aliphatic carbocycles. The molecule has 3 aromatic rings. The van der Waals surface area contributed by atoms with Gasteiger partial charge in [0, 0.05) is 16.3 Å². The Morgan fingerprint density at radius 2 is 1.73 bits per heavy atom. The maximum Gasteiger partial charge on any atom is 0.168 e. The minimum Gasteiger partial charge on any atom is -0.497 e. The summed E-state index contributed by atoms with van der Waals surface area (Å²) in [5, 5.41) is 9.15. The van der Waals surface area contributed by atoms with Gasteiger partial charge in [0.15, 0.2) is 11.6 Å². The molecule has 0 unspecified atom stereocenters. The molecule has 0 atom stereocenters. The van der Waals surface area contributed by atoms with Crippen molar-refractivity contribution in [2.45, 2.75) is 0 Å². The van der Waals surface area contributed by atoms with Crippen LogP contribution >= 0.6 is 11.6 Å². The highest BCUT2D eigenvalue weighted by Crippen LogP contribution is 2.25. The number of ether oxygens (including phenoxy) is 1. The third kappa shape index (κ3) is 2.61. The molecule has 0 aliphatic rings. The molecule has 1 heterocycles. The molecule has 5 heteroatoms. The second kappa shape index (κ2) is 6.03. The summed E-state index contributed by atoms with van der Waals surface area (Å²) in [6.07, 6.45) is 1.68. The predicted molar refractivity (Wildman–Crippen MR) is 88.4 cm³/mol. The number of nitrogens with zero attached hydrogens (tertiary/aromatic N) is 3. The van der Waals surface area contributed by atoms with Crippen LogP contribution in [0.15, 0.2) is 55.1 Å². The van der Waals surface area contributed by atoms with Crippen LogP contribution in [0.3, 0.4) is 0 Å². The Balaban J connectivity index is 2.13. The summed E-state index contributed by atoms with van der Waals surface area (Å²) in [5.41, 5.74) is 1.87. The Morgan fingerprint density at radius 1 is 1.05 bits per heavy atom. The number of benzene rings is 2. The predicted octanol–water partition coefficient (Wildman–Crippen LogP) is 4.24. The molecule has 110 valence electrons. The molecule has 0 N–H and O–H groups in total. The summed E-state index contributed by atoms with van der Waals surface area (Å²) in [7, 11) is 1.64. The van der Waals surface area contributed by atoms with Gasteiger partial charge in [0.25, 0.3) is 0 Å². The highest BCUT2D eigenvalue weighted by atomic mass is 35.5. The van der Waals surface area contributed by atoms with E-state index >= 15 is 0 Å². The number of hydrogen-bond acceptors (Lipinski definition) is 3.